The lowest BCUT2D eigenvalue weighted by molar-refractivity contribution is 0.0925. The second kappa shape index (κ2) is 9.74. The van der Waals surface area contributed by atoms with Crippen molar-refractivity contribution >= 4 is 26.7 Å². The summed E-state index contributed by atoms with van der Waals surface area (Å²) < 4.78 is 31.0. The van der Waals surface area contributed by atoms with Crippen LogP contribution < -0.4 is 10.2 Å². The molecule has 0 aromatic carbocycles. The van der Waals surface area contributed by atoms with Crippen molar-refractivity contribution in [1.29, 1.82) is 0 Å². The third kappa shape index (κ3) is 5.18. The Labute approximate surface area is 194 Å². The number of hydrogen-bond acceptors (Lipinski definition) is 8. The molecule has 3 aromatic heterocycles. The molecule has 1 aliphatic heterocycles. The number of aromatic amines is 1. The van der Waals surface area contributed by atoms with Crippen molar-refractivity contribution in [1.82, 2.24) is 25.3 Å². The summed E-state index contributed by atoms with van der Waals surface area (Å²) in [4.78, 5) is 19.8. The zero-order valence-electron chi connectivity index (χ0n) is 19.6. The number of pyridine rings is 1. The molecule has 0 bridgehead atoms. The fraction of sp³-hybridized carbons (Fsp3) is 0.522. The predicted molar refractivity (Wildman–Crippen MR) is 130 cm³/mol. The molecule has 1 saturated heterocycles. The largest absolute Gasteiger partial charge is 0.377 e. The predicted octanol–water partition coefficient (Wildman–Crippen LogP) is 2.68. The molecule has 1 aliphatic rings. The molecule has 0 amide bonds. The molecule has 178 valence electrons. The van der Waals surface area contributed by atoms with Crippen LogP contribution in [-0.4, -0.2) is 66.5 Å². The minimum Gasteiger partial charge on any atom is -0.377 e. The Kier molecular flexibility index (Phi) is 6.96. The number of nitrogens with one attached hydrogen (secondary N) is 2. The number of ether oxygens (including phenoxy) is 1. The molecule has 3 aromatic rings. The topological polar surface area (TPSA) is 113 Å². The molecule has 10 heteroatoms. The van der Waals surface area contributed by atoms with Crippen molar-refractivity contribution in [2.75, 3.05) is 31.7 Å². The monoisotopic (exact) mass is 472 g/mol. The van der Waals surface area contributed by atoms with Gasteiger partial charge in [0.2, 0.25) is 0 Å². The van der Waals surface area contributed by atoms with Crippen LogP contribution in [0, 0.1) is 0 Å². The first-order chi connectivity index (χ1) is 15.8. The molecule has 4 heterocycles. The van der Waals surface area contributed by atoms with Gasteiger partial charge in [-0.05, 0) is 45.5 Å². The first-order valence-electron chi connectivity index (χ1n) is 11.4. The van der Waals surface area contributed by atoms with E-state index >= 15 is 0 Å². The maximum absolute atomic E-state index is 12.7. The highest BCUT2D eigenvalue weighted by Crippen LogP contribution is 2.26. The number of aromatic nitrogens is 4. The Bertz CT molecular complexity index is 1220. The summed E-state index contributed by atoms with van der Waals surface area (Å²) in [5.41, 5.74) is 3.89. The maximum Gasteiger partial charge on any atom is 0.180 e. The van der Waals surface area contributed by atoms with Crippen molar-refractivity contribution in [2.24, 2.45) is 0 Å². The number of rotatable bonds is 8. The first-order valence-corrected chi connectivity index (χ1v) is 13.1. The molecule has 33 heavy (non-hydrogen) atoms. The van der Waals surface area contributed by atoms with Crippen molar-refractivity contribution in [3.8, 4) is 11.5 Å². The van der Waals surface area contributed by atoms with E-state index < -0.39 is 15.1 Å². The minimum atomic E-state index is -3.32. The van der Waals surface area contributed by atoms with Gasteiger partial charge in [0.15, 0.2) is 15.7 Å². The number of hydrogen-bond donors (Lipinski definition) is 2. The highest BCUT2D eigenvalue weighted by molar-refractivity contribution is 7.91. The van der Waals surface area contributed by atoms with Gasteiger partial charge < -0.3 is 19.9 Å². The molecular formula is C23H32N6O3S. The number of morpholine rings is 1. The van der Waals surface area contributed by atoms with Gasteiger partial charge in [-0.25, -0.2) is 23.4 Å². The number of nitrogens with zero attached hydrogens (tertiary/aromatic N) is 4. The van der Waals surface area contributed by atoms with Crippen LogP contribution in [0.25, 0.3) is 22.6 Å². The van der Waals surface area contributed by atoms with Gasteiger partial charge in [-0.15, -0.1) is 0 Å². The molecule has 0 aliphatic carbocycles. The van der Waals surface area contributed by atoms with E-state index in [2.05, 4.69) is 27.1 Å². The van der Waals surface area contributed by atoms with Crippen LogP contribution in [0.1, 0.15) is 38.6 Å². The lowest BCUT2D eigenvalue weighted by Crippen LogP contribution is -2.45. The Balaban J connectivity index is 1.79. The van der Waals surface area contributed by atoms with Crippen molar-refractivity contribution in [2.45, 2.75) is 50.8 Å². The Morgan fingerprint density at radius 3 is 2.79 bits per heavy atom. The van der Waals surface area contributed by atoms with Crippen LogP contribution in [0.2, 0.25) is 0 Å². The lowest BCUT2D eigenvalue weighted by Gasteiger charge is -2.36. The van der Waals surface area contributed by atoms with Gasteiger partial charge in [-0.3, -0.25) is 0 Å². The van der Waals surface area contributed by atoms with Gasteiger partial charge in [-0.1, -0.05) is 6.92 Å². The summed E-state index contributed by atoms with van der Waals surface area (Å²) in [6, 6.07) is 7.81. The van der Waals surface area contributed by atoms with Crippen LogP contribution in [0.5, 0.6) is 0 Å². The molecule has 2 N–H and O–H groups in total. The summed E-state index contributed by atoms with van der Waals surface area (Å²) in [6.45, 7) is 8.14. The van der Waals surface area contributed by atoms with Crippen LogP contribution in [-0.2, 0) is 26.9 Å². The molecule has 1 atom stereocenters. The number of sulfone groups is 1. The molecule has 4 rings (SSSR count). The van der Waals surface area contributed by atoms with E-state index in [1.54, 1.807) is 19.9 Å². The molecule has 0 spiro atoms. The highest BCUT2D eigenvalue weighted by Gasteiger charge is 2.26. The zero-order valence-corrected chi connectivity index (χ0v) is 20.4. The van der Waals surface area contributed by atoms with E-state index in [0.717, 1.165) is 29.0 Å². The molecule has 0 radical (unpaired) electrons. The number of anilines is 1. The molecule has 0 unspecified atom stereocenters. The first kappa shape index (κ1) is 23.6. The van der Waals surface area contributed by atoms with E-state index in [4.69, 9.17) is 14.7 Å². The molecule has 1 fully saturated rings. The van der Waals surface area contributed by atoms with Gasteiger partial charge in [0.25, 0.3) is 0 Å². The average Bonchev–Trinajstić information content (AvgIpc) is 3.20. The van der Waals surface area contributed by atoms with E-state index in [0.29, 0.717) is 43.5 Å². The second-order valence-corrected chi connectivity index (χ2v) is 11.2. The molecular weight excluding hydrogens is 440 g/mol. The quantitative estimate of drug-likeness (QED) is 0.515. The van der Waals surface area contributed by atoms with Crippen molar-refractivity contribution < 1.29 is 13.2 Å². The van der Waals surface area contributed by atoms with Crippen molar-refractivity contribution in [3.05, 3.63) is 35.7 Å². The van der Waals surface area contributed by atoms with E-state index in [1.807, 2.05) is 25.2 Å². The molecule has 0 saturated carbocycles. The van der Waals surface area contributed by atoms with Crippen LogP contribution >= 0.6 is 0 Å². The normalized spacial score (nSPS) is 17.2. The third-order valence-corrected chi connectivity index (χ3v) is 8.09. The van der Waals surface area contributed by atoms with Crippen LogP contribution in [0.4, 0.5) is 5.82 Å². The van der Waals surface area contributed by atoms with E-state index in [1.165, 1.54) is 0 Å². The number of H-pyrrole nitrogens is 1. The maximum atomic E-state index is 12.7. The average molecular weight is 473 g/mol. The second-order valence-electron chi connectivity index (χ2n) is 8.68. The highest BCUT2D eigenvalue weighted by atomic mass is 32.2. The van der Waals surface area contributed by atoms with Gasteiger partial charge in [0.1, 0.15) is 11.5 Å². The fourth-order valence-electron chi connectivity index (χ4n) is 3.96. The van der Waals surface area contributed by atoms with E-state index in [-0.39, 0.29) is 11.8 Å². The van der Waals surface area contributed by atoms with E-state index in [9.17, 15) is 8.42 Å². The van der Waals surface area contributed by atoms with Gasteiger partial charge in [0, 0.05) is 24.8 Å². The van der Waals surface area contributed by atoms with Crippen LogP contribution in [0.3, 0.4) is 0 Å². The summed E-state index contributed by atoms with van der Waals surface area (Å²) in [7, 11) is -1.43. The van der Waals surface area contributed by atoms with Crippen molar-refractivity contribution in [3.63, 3.8) is 0 Å². The third-order valence-electron chi connectivity index (χ3n) is 5.95. The Hall–Kier alpha value is -2.56. The van der Waals surface area contributed by atoms with Gasteiger partial charge in [0.05, 0.1) is 47.0 Å². The summed E-state index contributed by atoms with van der Waals surface area (Å²) in [6.07, 6.45) is 0.904. The standard InChI is InChI=1S/C23H32N6O3S/c1-5-18-13-32-9-8-29(18)22-11-17(14-33(30,31)15(2)3)26-23(28-22)20-7-6-19-21(27-20)10-16(25-19)12-24-4/h6-7,10-11,15,18,24-25H,5,8-9,12-14H2,1-4H3/t18-/m0/s1. The van der Waals surface area contributed by atoms with Crippen LogP contribution in [0.15, 0.2) is 24.3 Å². The summed E-state index contributed by atoms with van der Waals surface area (Å²) in [5.74, 6) is 1.02. The fourth-order valence-corrected chi connectivity index (χ4v) is 4.85. The molecule has 9 nitrogen and oxygen atoms in total. The summed E-state index contributed by atoms with van der Waals surface area (Å²) >= 11 is 0. The Morgan fingerprint density at radius 2 is 2.06 bits per heavy atom. The Morgan fingerprint density at radius 1 is 1.24 bits per heavy atom. The lowest BCUT2D eigenvalue weighted by atomic mass is 10.1. The summed E-state index contributed by atoms with van der Waals surface area (Å²) in [5, 5.41) is 2.65. The van der Waals surface area contributed by atoms with Gasteiger partial charge in [-0.2, -0.15) is 0 Å². The number of fused-ring (bicyclic) bond motifs is 1. The SMILES string of the molecule is CC[C@H]1COCCN1c1cc(CS(=O)(=O)C(C)C)nc(-c2ccc3[nH]c(CNC)cc3n2)n1. The smallest absolute Gasteiger partial charge is 0.180 e. The minimum absolute atomic E-state index is 0.132. The van der Waals surface area contributed by atoms with Gasteiger partial charge >= 0.3 is 0 Å². The zero-order chi connectivity index (χ0) is 23.6.